The van der Waals surface area contributed by atoms with Gasteiger partial charge < -0.3 is 4.74 Å². The Hall–Kier alpha value is -1.01. The maximum absolute atomic E-state index is 9.40. The number of nitriles is 1. The molecule has 1 fully saturated rings. The number of nitrogens with zero attached hydrogens (tertiary/aromatic N) is 1. The van der Waals surface area contributed by atoms with Gasteiger partial charge in [-0.2, -0.15) is 5.26 Å². The van der Waals surface area contributed by atoms with E-state index in [-0.39, 0.29) is 17.4 Å². The maximum Gasteiger partial charge on any atom is 0.133 e. The van der Waals surface area contributed by atoms with Gasteiger partial charge in [0.1, 0.15) is 11.9 Å². The number of hydrogen-bond acceptors (Lipinski definition) is 2. The van der Waals surface area contributed by atoms with Crippen LogP contribution in [0.15, 0.2) is 22.7 Å². The molecule has 3 atom stereocenters. The predicted octanol–water partition coefficient (Wildman–Crippen LogP) is 5.49. The molecule has 1 aliphatic carbocycles. The van der Waals surface area contributed by atoms with Crippen molar-refractivity contribution in [2.45, 2.75) is 53.1 Å². The number of aryl methyl sites for hydroxylation is 1. The first-order chi connectivity index (χ1) is 9.81. The van der Waals surface area contributed by atoms with Crippen LogP contribution < -0.4 is 4.74 Å². The van der Waals surface area contributed by atoms with Crippen molar-refractivity contribution in [3.05, 3.63) is 28.2 Å². The van der Waals surface area contributed by atoms with E-state index in [1.807, 2.05) is 12.1 Å². The highest BCUT2D eigenvalue weighted by atomic mass is 79.9. The third-order valence-electron chi connectivity index (χ3n) is 4.55. The molecule has 3 unspecified atom stereocenters. The van der Waals surface area contributed by atoms with E-state index in [1.165, 1.54) is 5.56 Å². The first kappa shape index (κ1) is 16.4. The lowest BCUT2D eigenvalue weighted by atomic mass is 9.69. The summed E-state index contributed by atoms with van der Waals surface area (Å²) in [5, 5.41) is 9.40. The van der Waals surface area contributed by atoms with E-state index >= 15 is 0 Å². The Bertz CT molecular complexity index is 541. The minimum Gasteiger partial charge on any atom is -0.488 e. The molecule has 0 N–H and O–H groups in total. The summed E-state index contributed by atoms with van der Waals surface area (Å²) in [4.78, 5) is 0. The second kappa shape index (κ2) is 6.40. The van der Waals surface area contributed by atoms with Crippen LogP contribution in [0.2, 0.25) is 0 Å². The van der Waals surface area contributed by atoms with Gasteiger partial charge in [0.15, 0.2) is 0 Å². The second-order valence-corrected chi connectivity index (χ2v) is 8.06. The Kier molecular flexibility index (Phi) is 4.99. The van der Waals surface area contributed by atoms with Gasteiger partial charge in [0.05, 0.1) is 16.5 Å². The Balaban J connectivity index is 2.16. The molecular weight excluding hydrogens is 326 g/mol. The van der Waals surface area contributed by atoms with Crippen molar-refractivity contribution < 1.29 is 4.74 Å². The van der Waals surface area contributed by atoms with Gasteiger partial charge in [0.2, 0.25) is 0 Å². The summed E-state index contributed by atoms with van der Waals surface area (Å²) in [5.74, 6) is 1.45. The van der Waals surface area contributed by atoms with E-state index < -0.39 is 0 Å². The van der Waals surface area contributed by atoms with Gasteiger partial charge in [-0.15, -0.1) is 0 Å². The van der Waals surface area contributed by atoms with E-state index in [1.54, 1.807) is 0 Å². The lowest BCUT2D eigenvalue weighted by Crippen LogP contribution is -2.37. The summed E-state index contributed by atoms with van der Waals surface area (Å²) in [5.41, 5.74) is 1.47. The Morgan fingerprint density at radius 2 is 2.00 bits per heavy atom. The van der Waals surface area contributed by atoms with Crippen LogP contribution in [0.1, 0.15) is 45.6 Å². The number of ether oxygens (including phenoxy) is 1. The molecule has 0 radical (unpaired) electrons. The minimum absolute atomic E-state index is 0.00296. The van der Waals surface area contributed by atoms with Crippen LogP contribution in [0.5, 0.6) is 5.75 Å². The zero-order valence-corrected chi connectivity index (χ0v) is 14.9. The van der Waals surface area contributed by atoms with E-state index in [0.717, 1.165) is 29.5 Å². The van der Waals surface area contributed by atoms with Gasteiger partial charge in [-0.1, -0.05) is 26.8 Å². The van der Waals surface area contributed by atoms with Crippen LogP contribution in [0.25, 0.3) is 0 Å². The molecular formula is C18H24BrNO. The molecule has 0 bridgehead atoms. The molecule has 0 amide bonds. The summed E-state index contributed by atoms with van der Waals surface area (Å²) in [7, 11) is 0. The van der Waals surface area contributed by atoms with Crippen LogP contribution in [0.3, 0.4) is 0 Å². The lowest BCUT2D eigenvalue weighted by Gasteiger charge is -2.39. The highest BCUT2D eigenvalue weighted by molar-refractivity contribution is 9.10. The molecule has 2 nitrogen and oxygen atoms in total. The first-order valence-electron chi connectivity index (χ1n) is 7.63. The van der Waals surface area contributed by atoms with Gasteiger partial charge in [0, 0.05) is 0 Å². The smallest absolute Gasteiger partial charge is 0.133 e. The largest absolute Gasteiger partial charge is 0.488 e. The van der Waals surface area contributed by atoms with E-state index in [0.29, 0.717) is 5.92 Å². The molecule has 1 aliphatic rings. The van der Waals surface area contributed by atoms with E-state index in [2.05, 4.69) is 55.8 Å². The van der Waals surface area contributed by atoms with E-state index in [9.17, 15) is 5.26 Å². The molecule has 114 valence electrons. The molecule has 1 aromatic carbocycles. The van der Waals surface area contributed by atoms with Gasteiger partial charge in [-0.25, -0.2) is 0 Å². The Morgan fingerprint density at radius 3 is 2.57 bits per heavy atom. The van der Waals surface area contributed by atoms with Gasteiger partial charge in [-0.3, -0.25) is 0 Å². The zero-order valence-electron chi connectivity index (χ0n) is 13.3. The van der Waals surface area contributed by atoms with Crippen LogP contribution in [-0.4, -0.2) is 6.10 Å². The average molecular weight is 350 g/mol. The number of hydrogen-bond donors (Lipinski definition) is 0. The Morgan fingerprint density at radius 1 is 1.29 bits per heavy atom. The fourth-order valence-corrected chi connectivity index (χ4v) is 3.64. The van der Waals surface area contributed by atoms with Crippen molar-refractivity contribution in [1.82, 2.24) is 0 Å². The van der Waals surface area contributed by atoms with Crippen LogP contribution in [0.4, 0.5) is 0 Å². The monoisotopic (exact) mass is 349 g/mol. The highest BCUT2D eigenvalue weighted by Gasteiger charge is 2.37. The van der Waals surface area contributed by atoms with Crippen LogP contribution in [0, 0.1) is 35.5 Å². The number of rotatable bonds is 2. The first-order valence-corrected chi connectivity index (χ1v) is 8.43. The fraction of sp³-hybridized carbons (Fsp3) is 0.611. The van der Waals surface area contributed by atoms with Gasteiger partial charge in [-0.05, 0) is 71.1 Å². The third-order valence-corrected chi connectivity index (χ3v) is 5.17. The van der Waals surface area contributed by atoms with Crippen molar-refractivity contribution in [3.63, 3.8) is 0 Å². The van der Waals surface area contributed by atoms with Gasteiger partial charge in [0.25, 0.3) is 0 Å². The zero-order chi connectivity index (χ0) is 15.6. The molecule has 1 saturated carbocycles. The quantitative estimate of drug-likeness (QED) is 0.706. The average Bonchev–Trinajstić information content (AvgIpc) is 2.41. The van der Waals surface area contributed by atoms with Crippen LogP contribution >= 0.6 is 15.9 Å². The molecule has 0 heterocycles. The van der Waals surface area contributed by atoms with Crippen LogP contribution in [-0.2, 0) is 0 Å². The van der Waals surface area contributed by atoms with Crippen molar-refractivity contribution in [2.75, 3.05) is 0 Å². The second-order valence-electron chi connectivity index (χ2n) is 7.20. The van der Waals surface area contributed by atoms with Gasteiger partial charge >= 0.3 is 0 Å². The topological polar surface area (TPSA) is 33.0 Å². The maximum atomic E-state index is 9.40. The molecule has 0 saturated heterocycles. The molecule has 21 heavy (non-hydrogen) atoms. The predicted molar refractivity (Wildman–Crippen MR) is 89.2 cm³/mol. The summed E-state index contributed by atoms with van der Waals surface area (Å²) in [6, 6.07) is 8.53. The van der Waals surface area contributed by atoms with E-state index in [4.69, 9.17) is 4.74 Å². The molecule has 2 rings (SSSR count). The highest BCUT2D eigenvalue weighted by Crippen LogP contribution is 2.41. The molecule has 1 aromatic rings. The minimum atomic E-state index is -0.00742. The standard InChI is InChI=1S/C18H24BrNO/c1-12-5-8-16(15(19)9-12)21-17-10-14(18(2,3)4)7-6-13(17)11-20/h5,8-9,13-14,17H,6-7,10H2,1-4H3. The summed E-state index contributed by atoms with van der Waals surface area (Å²) in [6.07, 6.45) is 3.01. The summed E-state index contributed by atoms with van der Waals surface area (Å²) in [6.45, 7) is 8.90. The molecule has 3 heteroatoms. The van der Waals surface area contributed by atoms with Crippen molar-refractivity contribution in [3.8, 4) is 11.8 Å². The Labute approximate surface area is 136 Å². The molecule has 0 aliphatic heterocycles. The molecule has 0 spiro atoms. The summed E-state index contributed by atoms with van der Waals surface area (Å²) < 4.78 is 7.17. The van der Waals surface area contributed by atoms with Crippen molar-refractivity contribution in [2.24, 2.45) is 17.3 Å². The number of halogens is 1. The van der Waals surface area contributed by atoms with Crippen molar-refractivity contribution >= 4 is 15.9 Å². The third kappa shape index (κ3) is 4.01. The fourth-order valence-electron chi connectivity index (χ4n) is 3.06. The summed E-state index contributed by atoms with van der Waals surface area (Å²) >= 11 is 3.56. The van der Waals surface area contributed by atoms with Crippen molar-refractivity contribution in [1.29, 1.82) is 5.26 Å². The normalized spacial score (nSPS) is 26.2. The SMILES string of the molecule is Cc1ccc(OC2CC(C(C)(C)C)CCC2C#N)c(Br)c1. The lowest BCUT2D eigenvalue weighted by molar-refractivity contribution is 0.0489. The number of benzene rings is 1. The molecule has 0 aromatic heterocycles.